The number of thiol groups is 1. The van der Waals surface area contributed by atoms with Crippen molar-refractivity contribution in [3.05, 3.63) is 59.7 Å². The van der Waals surface area contributed by atoms with Gasteiger partial charge in [0.2, 0.25) is 0 Å². The number of aryl methyl sites for hydroxylation is 2. The van der Waals surface area contributed by atoms with Crippen LogP contribution in [0.5, 0.6) is 11.5 Å². The van der Waals surface area contributed by atoms with Crippen LogP contribution >= 0.6 is 17.9 Å². The summed E-state index contributed by atoms with van der Waals surface area (Å²) < 4.78 is 11.7. The van der Waals surface area contributed by atoms with E-state index in [9.17, 15) is 0 Å². The van der Waals surface area contributed by atoms with Gasteiger partial charge in [0.25, 0.3) is 0 Å². The molecule has 5 heteroatoms. The first-order valence-corrected chi connectivity index (χ1v) is 12.7. The predicted octanol–water partition coefficient (Wildman–Crippen LogP) is 6.98. The first kappa shape index (κ1) is 20.4. The Morgan fingerprint density at radius 2 is 1.12 bits per heavy atom. The molecule has 25 heavy (non-hydrogen) atoms. The highest BCUT2D eigenvalue weighted by atomic mass is 32.9. The monoisotopic (exact) mass is 394 g/mol. The van der Waals surface area contributed by atoms with Gasteiger partial charge in [-0.3, -0.25) is 0 Å². The molecule has 2 nitrogen and oxygen atoms in total. The van der Waals surface area contributed by atoms with Gasteiger partial charge >= 0.3 is 5.69 Å². The zero-order valence-electron chi connectivity index (χ0n) is 15.0. The van der Waals surface area contributed by atoms with Crippen LogP contribution in [0, 0.1) is 0 Å². The second-order valence-corrected chi connectivity index (χ2v) is 11.3. The average molecular weight is 395 g/mol. The summed E-state index contributed by atoms with van der Waals surface area (Å²) in [6.07, 6.45) is 6.96. The predicted molar refractivity (Wildman–Crippen MR) is 115 cm³/mol. The van der Waals surface area contributed by atoms with Crippen LogP contribution in [0.1, 0.15) is 50.7 Å². The summed E-state index contributed by atoms with van der Waals surface area (Å²) >= 11 is 9.90. The van der Waals surface area contributed by atoms with E-state index in [0.717, 1.165) is 12.8 Å². The van der Waals surface area contributed by atoms with Gasteiger partial charge in [-0.05, 0) is 72.9 Å². The molecule has 136 valence electrons. The van der Waals surface area contributed by atoms with Gasteiger partial charge in [0.1, 0.15) is 11.5 Å². The van der Waals surface area contributed by atoms with Crippen molar-refractivity contribution in [3.8, 4) is 11.5 Å². The molecule has 0 radical (unpaired) electrons. The van der Waals surface area contributed by atoms with Crippen molar-refractivity contribution < 1.29 is 9.05 Å². The molecular formula is C20H27O2PS2. The summed E-state index contributed by atoms with van der Waals surface area (Å²) in [5.41, 5.74) is -0.0603. The minimum absolute atomic E-state index is 0.707. The van der Waals surface area contributed by atoms with Gasteiger partial charge < -0.3 is 9.05 Å². The smallest absolute Gasteiger partial charge is 0.345 e. The highest BCUT2D eigenvalue weighted by Crippen LogP contribution is 2.53. The lowest BCUT2D eigenvalue weighted by atomic mass is 10.1. The highest BCUT2D eigenvalue weighted by Gasteiger charge is 2.17. The molecule has 0 unspecified atom stereocenters. The third-order valence-corrected chi connectivity index (χ3v) is 5.75. The minimum atomic E-state index is -2.68. The third kappa shape index (κ3) is 7.43. The number of rotatable bonds is 10. The number of benzene rings is 2. The SMILES string of the molecule is CCCCc1ccc(OP(=S)(S)Oc2ccc(CCCC)cc2)cc1. The number of hydrogen-bond acceptors (Lipinski definition) is 3. The van der Waals surface area contributed by atoms with E-state index in [1.165, 1.54) is 36.8 Å². The van der Waals surface area contributed by atoms with E-state index >= 15 is 0 Å². The topological polar surface area (TPSA) is 18.5 Å². The van der Waals surface area contributed by atoms with Crippen LogP contribution in [0.25, 0.3) is 0 Å². The maximum atomic E-state index is 5.83. The third-order valence-electron chi connectivity index (χ3n) is 3.93. The van der Waals surface area contributed by atoms with Gasteiger partial charge in [0.05, 0.1) is 0 Å². The highest BCUT2D eigenvalue weighted by molar-refractivity contribution is 8.60. The lowest BCUT2D eigenvalue weighted by molar-refractivity contribution is 0.506. The van der Waals surface area contributed by atoms with Gasteiger partial charge in [-0.2, -0.15) is 0 Å². The molecule has 0 aromatic heterocycles. The van der Waals surface area contributed by atoms with E-state index in [2.05, 4.69) is 50.4 Å². The Balaban J connectivity index is 1.93. The van der Waals surface area contributed by atoms with E-state index in [-0.39, 0.29) is 0 Å². The molecular weight excluding hydrogens is 367 g/mol. The lowest BCUT2D eigenvalue weighted by Gasteiger charge is -2.19. The van der Waals surface area contributed by atoms with E-state index in [1.54, 1.807) is 0 Å². The molecule has 0 spiro atoms. The van der Waals surface area contributed by atoms with Crippen LogP contribution in [0.15, 0.2) is 48.5 Å². The zero-order chi connectivity index (χ0) is 18.1. The van der Waals surface area contributed by atoms with Crippen LogP contribution in [-0.2, 0) is 24.6 Å². The van der Waals surface area contributed by atoms with Crippen LogP contribution in [-0.4, -0.2) is 0 Å². The van der Waals surface area contributed by atoms with Crippen molar-refractivity contribution in [2.45, 2.75) is 52.4 Å². The first-order valence-electron chi connectivity index (χ1n) is 8.92. The van der Waals surface area contributed by atoms with Crippen LogP contribution < -0.4 is 9.05 Å². The second kappa shape index (κ2) is 10.3. The second-order valence-electron chi connectivity index (χ2n) is 6.15. The number of unbranched alkanes of at least 4 members (excludes halogenated alkanes) is 2. The molecule has 0 bridgehead atoms. The molecule has 0 heterocycles. The standard InChI is InChI=1S/C20H27O2PS2/c1-3-5-7-17-9-13-19(14-10-17)21-23(24,25)22-20-15-11-18(12-16-20)8-6-4-2/h9-16H,3-8H2,1-2H3,(H,24,25). The Labute approximate surface area is 162 Å². The molecule has 0 atom stereocenters. The molecule has 0 aliphatic heterocycles. The van der Waals surface area contributed by atoms with E-state index in [4.69, 9.17) is 20.9 Å². The van der Waals surface area contributed by atoms with Gasteiger partial charge in [-0.25, -0.2) is 0 Å². The molecule has 0 aliphatic rings. The van der Waals surface area contributed by atoms with Crippen molar-refractivity contribution in [2.75, 3.05) is 0 Å². The first-order chi connectivity index (χ1) is 12.0. The Morgan fingerprint density at radius 3 is 1.44 bits per heavy atom. The summed E-state index contributed by atoms with van der Waals surface area (Å²) in [7, 11) is 0. The fraction of sp³-hybridized carbons (Fsp3) is 0.400. The van der Waals surface area contributed by atoms with Gasteiger partial charge in [0, 0.05) is 0 Å². The van der Waals surface area contributed by atoms with Crippen molar-refractivity contribution in [1.29, 1.82) is 0 Å². The van der Waals surface area contributed by atoms with Gasteiger partial charge in [-0.1, -0.05) is 63.2 Å². The van der Waals surface area contributed by atoms with Gasteiger partial charge in [0.15, 0.2) is 0 Å². The summed E-state index contributed by atoms with van der Waals surface area (Å²) in [5.74, 6) is 1.41. The fourth-order valence-electron chi connectivity index (χ4n) is 2.48. The Kier molecular flexibility index (Phi) is 8.35. The summed E-state index contributed by atoms with van der Waals surface area (Å²) in [6, 6.07) is 16.1. The van der Waals surface area contributed by atoms with Crippen molar-refractivity contribution >= 4 is 29.7 Å². The van der Waals surface area contributed by atoms with E-state index < -0.39 is 5.69 Å². The Hall–Kier alpha value is -0.960. The van der Waals surface area contributed by atoms with E-state index in [0.29, 0.717) is 11.5 Å². The van der Waals surface area contributed by atoms with Crippen molar-refractivity contribution in [2.24, 2.45) is 0 Å². The largest absolute Gasteiger partial charge is 0.428 e. The molecule has 2 aromatic rings. The quantitative estimate of drug-likeness (QED) is 0.346. The molecule has 0 saturated carbocycles. The molecule has 0 N–H and O–H groups in total. The average Bonchev–Trinajstić information content (AvgIpc) is 2.60. The Morgan fingerprint density at radius 1 is 0.760 bits per heavy atom. The maximum Gasteiger partial charge on any atom is 0.345 e. The van der Waals surface area contributed by atoms with Crippen molar-refractivity contribution in [3.63, 3.8) is 0 Å². The molecule has 2 aromatic carbocycles. The molecule has 0 saturated heterocycles. The van der Waals surface area contributed by atoms with Crippen LogP contribution in [0.3, 0.4) is 0 Å². The molecule has 0 amide bonds. The molecule has 2 rings (SSSR count). The van der Waals surface area contributed by atoms with Crippen LogP contribution in [0.2, 0.25) is 0 Å². The number of hydrogen-bond donors (Lipinski definition) is 1. The minimum Gasteiger partial charge on any atom is -0.428 e. The maximum absolute atomic E-state index is 5.83. The summed E-state index contributed by atoms with van der Waals surface area (Å²) in [6.45, 7) is 4.39. The normalized spacial score (nSPS) is 11.3. The fourth-order valence-corrected chi connectivity index (χ4v) is 4.38. The van der Waals surface area contributed by atoms with Crippen LogP contribution in [0.4, 0.5) is 0 Å². The van der Waals surface area contributed by atoms with E-state index in [1.807, 2.05) is 24.3 Å². The Bertz CT molecular complexity index is 626. The van der Waals surface area contributed by atoms with Crippen molar-refractivity contribution in [1.82, 2.24) is 0 Å². The zero-order valence-corrected chi connectivity index (χ0v) is 17.6. The summed E-state index contributed by atoms with van der Waals surface area (Å²) in [5, 5.41) is 0. The summed E-state index contributed by atoms with van der Waals surface area (Å²) in [4.78, 5) is 0. The lowest BCUT2D eigenvalue weighted by Crippen LogP contribution is -1.96. The molecule has 0 aliphatic carbocycles. The van der Waals surface area contributed by atoms with Gasteiger partial charge in [-0.15, -0.1) is 0 Å². The molecule has 0 fully saturated rings.